The van der Waals surface area contributed by atoms with Crippen LogP contribution >= 0.6 is 0 Å². The molecule has 106 valence electrons. The molecule has 5 nitrogen and oxygen atoms in total. The first kappa shape index (κ1) is 13.1. The highest BCUT2D eigenvalue weighted by Crippen LogP contribution is 2.26. The molecule has 3 rings (SSSR count). The lowest BCUT2D eigenvalue weighted by molar-refractivity contribution is 0.185. The molecule has 1 aliphatic rings. The van der Waals surface area contributed by atoms with Crippen molar-refractivity contribution in [3.8, 4) is 11.4 Å². The molecule has 2 unspecified atom stereocenters. The van der Waals surface area contributed by atoms with Crippen molar-refractivity contribution in [1.29, 1.82) is 0 Å². The number of benzene rings is 1. The molecular weight excluding hydrogens is 268 g/mol. The molecule has 2 aromatic rings. The maximum atomic E-state index is 13.2. The van der Waals surface area contributed by atoms with Gasteiger partial charge in [0.05, 0.1) is 19.1 Å². The summed E-state index contributed by atoms with van der Waals surface area (Å²) in [6.45, 7) is 1.06. The molecule has 0 bridgehead atoms. The Morgan fingerprint density at radius 2 is 2.10 bits per heavy atom. The highest BCUT2D eigenvalue weighted by molar-refractivity contribution is 5.54. The summed E-state index contributed by atoms with van der Waals surface area (Å²) in [5, 5.41) is 6.93. The molecule has 1 saturated heterocycles. The van der Waals surface area contributed by atoms with Gasteiger partial charge >= 0.3 is 0 Å². The van der Waals surface area contributed by atoms with Gasteiger partial charge in [-0.3, -0.25) is 0 Å². The van der Waals surface area contributed by atoms with E-state index < -0.39 is 11.6 Å². The second-order valence-corrected chi connectivity index (χ2v) is 4.62. The Morgan fingerprint density at radius 1 is 1.25 bits per heavy atom. The number of rotatable bonds is 3. The van der Waals surface area contributed by atoms with Crippen LogP contribution in [0.2, 0.25) is 0 Å². The highest BCUT2D eigenvalue weighted by Gasteiger charge is 2.33. The number of hydrogen-bond donors (Lipinski definition) is 1. The van der Waals surface area contributed by atoms with Crippen LogP contribution in [0.1, 0.15) is 11.8 Å². The molecule has 0 saturated carbocycles. The van der Waals surface area contributed by atoms with Crippen molar-refractivity contribution in [1.82, 2.24) is 15.5 Å². The summed E-state index contributed by atoms with van der Waals surface area (Å²) in [5.41, 5.74) is 0.374. The monoisotopic (exact) mass is 281 g/mol. The van der Waals surface area contributed by atoms with Gasteiger partial charge in [0.15, 0.2) is 11.6 Å². The minimum absolute atomic E-state index is 0.0356. The molecule has 0 aliphatic carbocycles. The molecule has 2 atom stereocenters. The quantitative estimate of drug-likeness (QED) is 0.928. The minimum Gasteiger partial charge on any atom is -0.379 e. The zero-order valence-corrected chi connectivity index (χ0v) is 10.8. The fraction of sp³-hybridized carbons (Fsp3) is 0.385. The van der Waals surface area contributed by atoms with Crippen molar-refractivity contribution in [2.45, 2.75) is 12.0 Å². The summed E-state index contributed by atoms with van der Waals surface area (Å²) in [4.78, 5) is 4.24. The van der Waals surface area contributed by atoms with Gasteiger partial charge in [-0.15, -0.1) is 0 Å². The van der Waals surface area contributed by atoms with Crippen molar-refractivity contribution >= 4 is 0 Å². The summed E-state index contributed by atoms with van der Waals surface area (Å²) >= 11 is 0. The van der Waals surface area contributed by atoms with Crippen LogP contribution < -0.4 is 5.32 Å². The van der Waals surface area contributed by atoms with Crippen LogP contribution in [0.15, 0.2) is 22.7 Å². The van der Waals surface area contributed by atoms with E-state index in [2.05, 4.69) is 15.5 Å². The van der Waals surface area contributed by atoms with E-state index in [1.54, 1.807) is 0 Å². The Labute approximate surface area is 113 Å². The van der Waals surface area contributed by atoms with Crippen molar-refractivity contribution in [2.75, 3.05) is 20.3 Å². The largest absolute Gasteiger partial charge is 0.379 e. The average Bonchev–Trinajstić information content (AvgIpc) is 3.09. The third-order valence-electron chi connectivity index (χ3n) is 3.39. The predicted octanol–water partition coefficient (Wildman–Crippen LogP) is 1.72. The Hall–Kier alpha value is -1.86. The number of nitrogens with zero attached hydrogens (tertiary/aromatic N) is 2. The van der Waals surface area contributed by atoms with Gasteiger partial charge in [-0.25, -0.2) is 8.78 Å². The molecule has 1 aromatic carbocycles. The van der Waals surface area contributed by atoms with Crippen molar-refractivity contribution < 1.29 is 18.0 Å². The van der Waals surface area contributed by atoms with E-state index >= 15 is 0 Å². The smallest absolute Gasteiger partial charge is 0.234 e. The SMILES string of the molecule is CNC1COCC1c1nc(-c2ccc(F)c(F)c2)no1. The van der Waals surface area contributed by atoms with Crippen molar-refractivity contribution in [2.24, 2.45) is 0 Å². The lowest BCUT2D eigenvalue weighted by Crippen LogP contribution is -2.31. The summed E-state index contributed by atoms with van der Waals surface area (Å²) in [6.07, 6.45) is 0. The van der Waals surface area contributed by atoms with E-state index in [4.69, 9.17) is 9.26 Å². The molecule has 0 amide bonds. The Balaban J connectivity index is 1.88. The Morgan fingerprint density at radius 3 is 2.85 bits per heavy atom. The van der Waals surface area contributed by atoms with Gasteiger partial charge in [-0.05, 0) is 25.2 Å². The van der Waals surface area contributed by atoms with Gasteiger partial charge in [0.1, 0.15) is 0 Å². The second-order valence-electron chi connectivity index (χ2n) is 4.62. The maximum absolute atomic E-state index is 13.2. The minimum atomic E-state index is -0.939. The van der Waals surface area contributed by atoms with Crippen LogP contribution in [0.4, 0.5) is 8.78 Å². The predicted molar refractivity (Wildman–Crippen MR) is 66.1 cm³/mol. The fourth-order valence-corrected chi connectivity index (χ4v) is 2.22. The third kappa shape index (κ3) is 2.30. The summed E-state index contributed by atoms with van der Waals surface area (Å²) in [7, 11) is 1.83. The van der Waals surface area contributed by atoms with Crippen LogP contribution in [0.25, 0.3) is 11.4 Å². The van der Waals surface area contributed by atoms with E-state index in [0.29, 0.717) is 24.7 Å². The van der Waals surface area contributed by atoms with Gasteiger partial charge in [0.25, 0.3) is 0 Å². The molecule has 0 spiro atoms. The molecule has 7 heteroatoms. The molecule has 2 heterocycles. The fourth-order valence-electron chi connectivity index (χ4n) is 2.22. The molecule has 20 heavy (non-hydrogen) atoms. The first-order valence-corrected chi connectivity index (χ1v) is 6.23. The van der Waals surface area contributed by atoms with Crippen molar-refractivity contribution in [3.63, 3.8) is 0 Å². The third-order valence-corrected chi connectivity index (χ3v) is 3.39. The van der Waals surface area contributed by atoms with Gasteiger partial charge in [0, 0.05) is 11.6 Å². The topological polar surface area (TPSA) is 60.2 Å². The van der Waals surface area contributed by atoms with Gasteiger partial charge in [-0.1, -0.05) is 5.16 Å². The summed E-state index contributed by atoms with van der Waals surface area (Å²) < 4.78 is 36.7. The van der Waals surface area contributed by atoms with Gasteiger partial charge < -0.3 is 14.6 Å². The average molecular weight is 281 g/mol. The van der Waals surface area contributed by atoms with E-state index in [0.717, 1.165) is 12.1 Å². The zero-order valence-electron chi connectivity index (χ0n) is 10.8. The highest BCUT2D eigenvalue weighted by atomic mass is 19.2. The zero-order chi connectivity index (χ0) is 14.1. The van der Waals surface area contributed by atoms with Crippen LogP contribution in [-0.2, 0) is 4.74 Å². The number of hydrogen-bond acceptors (Lipinski definition) is 5. The van der Waals surface area contributed by atoms with Crippen LogP contribution in [0.5, 0.6) is 0 Å². The van der Waals surface area contributed by atoms with Crippen LogP contribution in [-0.4, -0.2) is 36.4 Å². The Bertz CT molecular complexity index is 617. The molecule has 1 aromatic heterocycles. The standard InChI is InChI=1S/C13H13F2N3O2/c1-16-11-6-19-5-8(11)13-17-12(18-20-13)7-2-3-9(14)10(15)4-7/h2-4,8,11,16H,5-6H2,1H3. The lowest BCUT2D eigenvalue weighted by Gasteiger charge is -2.11. The first-order chi connectivity index (χ1) is 9.69. The van der Waals surface area contributed by atoms with Gasteiger partial charge in [-0.2, -0.15) is 4.98 Å². The molecule has 1 fully saturated rings. The van der Waals surface area contributed by atoms with Crippen LogP contribution in [0.3, 0.4) is 0 Å². The van der Waals surface area contributed by atoms with E-state index in [1.165, 1.54) is 6.07 Å². The number of likely N-dealkylation sites (N-methyl/N-ethyl adjacent to an activating group) is 1. The molecule has 1 aliphatic heterocycles. The second kappa shape index (κ2) is 5.26. The van der Waals surface area contributed by atoms with Crippen molar-refractivity contribution in [3.05, 3.63) is 35.7 Å². The first-order valence-electron chi connectivity index (χ1n) is 6.23. The van der Waals surface area contributed by atoms with E-state index in [1.807, 2.05) is 7.05 Å². The lowest BCUT2D eigenvalue weighted by atomic mass is 10.0. The summed E-state index contributed by atoms with van der Waals surface area (Å²) in [6, 6.07) is 3.60. The Kier molecular flexibility index (Phi) is 3.45. The normalized spacial score (nSPS) is 22.4. The number of halogens is 2. The maximum Gasteiger partial charge on any atom is 0.234 e. The number of ether oxygens (including phenoxy) is 1. The number of aromatic nitrogens is 2. The summed E-state index contributed by atoms with van der Waals surface area (Å²) in [5.74, 6) is -1.21. The van der Waals surface area contributed by atoms with Gasteiger partial charge in [0.2, 0.25) is 11.7 Å². The van der Waals surface area contributed by atoms with E-state index in [9.17, 15) is 8.78 Å². The van der Waals surface area contributed by atoms with E-state index in [-0.39, 0.29) is 17.8 Å². The molecule has 1 N–H and O–H groups in total. The molecule has 0 radical (unpaired) electrons. The number of nitrogens with one attached hydrogen (secondary N) is 1. The molecular formula is C13H13F2N3O2. The van der Waals surface area contributed by atoms with Crippen LogP contribution in [0, 0.1) is 11.6 Å².